The number of nitrogens with zero attached hydrogens (tertiary/aromatic N) is 2. The molecule has 0 aliphatic carbocycles. The van der Waals surface area contributed by atoms with Crippen LogP contribution in [0.15, 0.2) is 24.3 Å². The van der Waals surface area contributed by atoms with Crippen molar-refractivity contribution in [2.45, 2.75) is 6.04 Å². The Morgan fingerprint density at radius 2 is 2.17 bits per heavy atom. The number of anilines is 1. The molecule has 1 aromatic carbocycles. The van der Waals surface area contributed by atoms with Gasteiger partial charge in [-0.25, -0.2) is 9.69 Å². The summed E-state index contributed by atoms with van der Waals surface area (Å²) < 4.78 is 0. The van der Waals surface area contributed by atoms with Crippen LogP contribution in [0, 0.1) is 0 Å². The minimum atomic E-state index is -0.310. The van der Waals surface area contributed by atoms with Crippen LogP contribution < -0.4 is 4.90 Å². The first-order valence-electron chi connectivity index (χ1n) is 5.66. The van der Waals surface area contributed by atoms with E-state index >= 15 is 0 Å². The number of imide groups is 1. The Hall–Kier alpha value is -1.20. The van der Waals surface area contributed by atoms with Gasteiger partial charge in [-0.3, -0.25) is 4.79 Å². The first kappa shape index (κ1) is 11.9. The van der Waals surface area contributed by atoms with Crippen LogP contribution in [0.25, 0.3) is 0 Å². The third-order valence-electron chi connectivity index (χ3n) is 3.14. The van der Waals surface area contributed by atoms with Crippen LogP contribution in [-0.2, 0) is 4.79 Å². The fraction of sp³-hybridized carbons (Fsp3) is 0.333. The van der Waals surface area contributed by atoms with Crippen LogP contribution in [0.1, 0.15) is 0 Å². The van der Waals surface area contributed by atoms with Crippen LogP contribution in [0.3, 0.4) is 0 Å². The van der Waals surface area contributed by atoms with Gasteiger partial charge in [0.1, 0.15) is 6.04 Å². The minimum Gasteiger partial charge on any atom is -0.310 e. The maximum absolute atomic E-state index is 12.3. The SMILES string of the molecule is O=C1C2CSCCN2C(=O)N1c1cccc(Cl)c1. The number of benzene rings is 1. The summed E-state index contributed by atoms with van der Waals surface area (Å²) in [6.45, 7) is 0.636. The predicted octanol–water partition coefficient (Wildman–Crippen LogP) is 2.22. The molecule has 3 rings (SSSR count). The quantitative estimate of drug-likeness (QED) is 0.742. The second-order valence-electron chi connectivity index (χ2n) is 4.22. The number of thioether (sulfide) groups is 1. The van der Waals surface area contributed by atoms with Crippen molar-refractivity contribution >= 4 is 41.0 Å². The average Bonchev–Trinajstić information content (AvgIpc) is 2.63. The summed E-state index contributed by atoms with van der Waals surface area (Å²) >= 11 is 7.61. The van der Waals surface area contributed by atoms with E-state index in [0.29, 0.717) is 23.0 Å². The molecule has 18 heavy (non-hydrogen) atoms. The summed E-state index contributed by atoms with van der Waals surface area (Å²) in [6, 6.07) is 6.29. The molecule has 2 fully saturated rings. The Bertz CT molecular complexity index is 499. The molecule has 94 valence electrons. The van der Waals surface area contributed by atoms with Gasteiger partial charge < -0.3 is 4.90 Å². The highest BCUT2D eigenvalue weighted by Crippen LogP contribution is 2.30. The number of hydrogen-bond donors (Lipinski definition) is 0. The fourth-order valence-corrected chi connectivity index (χ4v) is 3.48. The molecular formula is C12H11ClN2O2S. The van der Waals surface area contributed by atoms with E-state index in [2.05, 4.69) is 0 Å². The summed E-state index contributed by atoms with van der Waals surface area (Å²) in [6.07, 6.45) is 0. The van der Waals surface area contributed by atoms with Crippen LogP contribution in [0.4, 0.5) is 10.5 Å². The summed E-state index contributed by atoms with van der Waals surface area (Å²) in [5.41, 5.74) is 0.553. The monoisotopic (exact) mass is 282 g/mol. The van der Waals surface area contributed by atoms with Gasteiger partial charge >= 0.3 is 6.03 Å². The summed E-state index contributed by atoms with van der Waals surface area (Å²) in [5, 5.41) is 0.521. The van der Waals surface area contributed by atoms with Gasteiger partial charge in [0.05, 0.1) is 5.69 Å². The van der Waals surface area contributed by atoms with Gasteiger partial charge in [-0.1, -0.05) is 17.7 Å². The first-order chi connectivity index (χ1) is 8.68. The van der Waals surface area contributed by atoms with Crippen LogP contribution in [0.2, 0.25) is 5.02 Å². The van der Waals surface area contributed by atoms with Crippen molar-refractivity contribution in [3.05, 3.63) is 29.3 Å². The van der Waals surface area contributed by atoms with Crippen molar-refractivity contribution in [2.75, 3.05) is 23.0 Å². The van der Waals surface area contributed by atoms with Crippen molar-refractivity contribution in [1.29, 1.82) is 0 Å². The van der Waals surface area contributed by atoms with E-state index in [1.54, 1.807) is 40.9 Å². The summed E-state index contributed by atoms with van der Waals surface area (Å²) in [5.74, 6) is 1.43. The van der Waals surface area contributed by atoms with Crippen molar-refractivity contribution in [3.8, 4) is 0 Å². The van der Waals surface area contributed by atoms with Gasteiger partial charge in [-0.2, -0.15) is 11.8 Å². The molecule has 0 bridgehead atoms. The first-order valence-corrected chi connectivity index (χ1v) is 7.19. The molecule has 2 heterocycles. The fourth-order valence-electron chi connectivity index (χ4n) is 2.26. The molecule has 0 spiro atoms. The lowest BCUT2D eigenvalue weighted by atomic mass is 10.2. The number of carbonyl (C=O) groups is 2. The number of halogens is 1. The smallest absolute Gasteiger partial charge is 0.310 e. The van der Waals surface area contributed by atoms with E-state index in [1.165, 1.54) is 4.90 Å². The molecule has 0 saturated carbocycles. The number of rotatable bonds is 1. The average molecular weight is 283 g/mol. The Morgan fingerprint density at radius 1 is 1.33 bits per heavy atom. The van der Waals surface area contributed by atoms with E-state index in [9.17, 15) is 9.59 Å². The predicted molar refractivity (Wildman–Crippen MR) is 72.2 cm³/mol. The molecule has 1 unspecified atom stereocenters. The maximum Gasteiger partial charge on any atom is 0.332 e. The van der Waals surface area contributed by atoms with E-state index in [-0.39, 0.29) is 18.0 Å². The highest BCUT2D eigenvalue weighted by molar-refractivity contribution is 7.99. The van der Waals surface area contributed by atoms with Crippen LogP contribution in [0.5, 0.6) is 0 Å². The Morgan fingerprint density at radius 3 is 2.89 bits per heavy atom. The molecule has 2 aliphatic rings. The summed E-state index contributed by atoms with van der Waals surface area (Å²) in [7, 11) is 0. The van der Waals surface area contributed by atoms with Gasteiger partial charge in [0.15, 0.2) is 0 Å². The highest BCUT2D eigenvalue weighted by Gasteiger charge is 2.46. The Kier molecular flexibility index (Phi) is 2.95. The largest absolute Gasteiger partial charge is 0.332 e. The number of carbonyl (C=O) groups excluding carboxylic acids is 2. The molecule has 1 atom stereocenters. The zero-order chi connectivity index (χ0) is 12.7. The standard InChI is InChI=1S/C12H11ClN2O2S/c13-8-2-1-3-9(6-8)15-11(16)10-7-18-5-4-14(10)12(15)17/h1-3,6,10H,4-5,7H2. The van der Waals surface area contributed by atoms with E-state index < -0.39 is 0 Å². The van der Waals surface area contributed by atoms with Crippen molar-refractivity contribution in [2.24, 2.45) is 0 Å². The second-order valence-corrected chi connectivity index (χ2v) is 5.81. The number of amides is 3. The minimum absolute atomic E-state index is 0.144. The van der Waals surface area contributed by atoms with Crippen LogP contribution >= 0.6 is 23.4 Å². The second kappa shape index (κ2) is 4.48. The maximum atomic E-state index is 12.3. The lowest BCUT2D eigenvalue weighted by Gasteiger charge is -2.25. The third-order valence-corrected chi connectivity index (χ3v) is 4.40. The topological polar surface area (TPSA) is 40.6 Å². The van der Waals surface area contributed by atoms with E-state index in [1.807, 2.05) is 0 Å². The lowest BCUT2D eigenvalue weighted by Crippen LogP contribution is -2.41. The lowest BCUT2D eigenvalue weighted by molar-refractivity contribution is -0.119. The normalized spacial score (nSPS) is 23.5. The van der Waals surface area contributed by atoms with E-state index in [4.69, 9.17) is 11.6 Å². The Balaban J connectivity index is 1.97. The number of urea groups is 1. The molecule has 6 heteroatoms. The zero-order valence-electron chi connectivity index (χ0n) is 9.51. The van der Waals surface area contributed by atoms with Gasteiger partial charge in [0.2, 0.25) is 0 Å². The van der Waals surface area contributed by atoms with Crippen molar-refractivity contribution in [1.82, 2.24) is 4.90 Å². The molecule has 0 N–H and O–H groups in total. The highest BCUT2D eigenvalue weighted by atomic mass is 35.5. The molecular weight excluding hydrogens is 272 g/mol. The van der Waals surface area contributed by atoms with Crippen molar-refractivity contribution < 1.29 is 9.59 Å². The van der Waals surface area contributed by atoms with Gasteiger partial charge in [0.25, 0.3) is 5.91 Å². The third kappa shape index (κ3) is 1.78. The summed E-state index contributed by atoms with van der Waals surface area (Å²) in [4.78, 5) is 27.4. The molecule has 0 aromatic heterocycles. The van der Waals surface area contributed by atoms with Gasteiger partial charge in [0, 0.05) is 23.1 Å². The van der Waals surface area contributed by atoms with Gasteiger partial charge in [-0.15, -0.1) is 0 Å². The Labute approximate surface area is 114 Å². The zero-order valence-corrected chi connectivity index (χ0v) is 11.1. The molecule has 3 amide bonds. The molecule has 4 nitrogen and oxygen atoms in total. The number of fused-ring (bicyclic) bond motifs is 1. The van der Waals surface area contributed by atoms with Gasteiger partial charge in [-0.05, 0) is 18.2 Å². The van der Waals surface area contributed by atoms with Crippen molar-refractivity contribution in [3.63, 3.8) is 0 Å². The molecule has 2 aliphatic heterocycles. The molecule has 1 aromatic rings. The van der Waals surface area contributed by atoms with Crippen LogP contribution in [-0.4, -0.2) is 40.9 Å². The number of hydrogen-bond acceptors (Lipinski definition) is 3. The van der Waals surface area contributed by atoms with E-state index in [0.717, 1.165) is 5.75 Å². The molecule has 0 radical (unpaired) electrons. The molecule has 2 saturated heterocycles.